The minimum atomic E-state index is 0. The number of aliphatic imine (C=N–C) groups is 1. The highest BCUT2D eigenvalue weighted by atomic mass is 127. The lowest BCUT2D eigenvalue weighted by Crippen LogP contribution is -2.55. The van der Waals surface area contributed by atoms with Gasteiger partial charge >= 0.3 is 0 Å². The normalized spacial score (nSPS) is 22.4. The van der Waals surface area contributed by atoms with Crippen LogP contribution in [0.25, 0.3) is 0 Å². The molecule has 1 aliphatic heterocycles. The van der Waals surface area contributed by atoms with Gasteiger partial charge in [-0.15, -0.1) is 24.0 Å². The van der Waals surface area contributed by atoms with E-state index in [1.165, 1.54) is 6.42 Å². The van der Waals surface area contributed by atoms with Crippen molar-refractivity contribution in [2.45, 2.75) is 52.6 Å². The summed E-state index contributed by atoms with van der Waals surface area (Å²) in [6.45, 7) is 13.5. The van der Waals surface area contributed by atoms with E-state index in [1.807, 2.05) is 7.05 Å². The van der Waals surface area contributed by atoms with Crippen LogP contribution in [0, 0.1) is 5.41 Å². The number of hydrogen-bond acceptors (Lipinski definition) is 3. The van der Waals surface area contributed by atoms with E-state index in [0.29, 0.717) is 17.5 Å². The van der Waals surface area contributed by atoms with Gasteiger partial charge in [-0.25, -0.2) is 0 Å². The largest absolute Gasteiger partial charge is 0.355 e. The first-order chi connectivity index (χ1) is 10.2. The van der Waals surface area contributed by atoms with Crippen LogP contribution in [-0.4, -0.2) is 75.2 Å². The van der Waals surface area contributed by atoms with Crippen LogP contribution in [-0.2, 0) is 0 Å². The zero-order valence-corrected chi connectivity index (χ0v) is 18.5. The summed E-state index contributed by atoms with van der Waals surface area (Å²) in [4.78, 5) is 9.19. The molecule has 0 amide bonds. The SMILES string of the molecule is CN=C(NCC1CN(C)CCN1C)NC(C)CCC(C)(C)C.I. The van der Waals surface area contributed by atoms with Crippen LogP contribution in [0.1, 0.15) is 40.5 Å². The Morgan fingerprint density at radius 1 is 1.26 bits per heavy atom. The molecule has 2 N–H and O–H groups in total. The fourth-order valence-corrected chi connectivity index (χ4v) is 2.69. The van der Waals surface area contributed by atoms with Gasteiger partial charge in [-0.3, -0.25) is 9.89 Å². The number of likely N-dealkylation sites (N-methyl/N-ethyl adjacent to an activating group) is 2. The van der Waals surface area contributed by atoms with Crippen molar-refractivity contribution in [2.24, 2.45) is 10.4 Å². The molecule has 1 fully saturated rings. The summed E-state index contributed by atoms with van der Waals surface area (Å²) in [5, 5.41) is 7.00. The molecular formula is C17H38IN5. The average molecular weight is 439 g/mol. The Hall–Kier alpha value is -0.0800. The van der Waals surface area contributed by atoms with Crippen molar-refractivity contribution in [1.82, 2.24) is 20.4 Å². The van der Waals surface area contributed by atoms with Gasteiger partial charge in [0.25, 0.3) is 0 Å². The van der Waals surface area contributed by atoms with E-state index < -0.39 is 0 Å². The van der Waals surface area contributed by atoms with Gasteiger partial charge in [-0.1, -0.05) is 20.8 Å². The minimum Gasteiger partial charge on any atom is -0.355 e. The number of nitrogens with one attached hydrogen (secondary N) is 2. The first kappa shape index (κ1) is 22.9. The van der Waals surface area contributed by atoms with E-state index in [4.69, 9.17) is 0 Å². The molecule has 0 radical (unpaired) electrons. The highest BCUT2D eigenvalue weighted by Crippen LogP contribution is 2.21. The zero-order chi connectivity index (χ0) is 16.8. The van der Waals surface area contributed by atoms with Crippen LogP contribution in [0.2, 0.25) is 0 Å². The quantitative estimate of drug-likeness (QED) is 0.392. The Labute approximate surface area is 160 Å². The van der Waals surface area contributed by atoms with E-state index >= 15 is 0 Å². The molecule has 23 heavy (non-hydrogen) atoms. The van der Waals surface area contributed by atoms with Gasteiger partial charge in [0.2, 0.25) is 0 Å². The summed E-state index contributed by atoms with van der Waals surface area (Å²) < 4.78 is 0. The predicted octanol–water partition coefficient (Wildman–Crippen LogP) is 2.23. The second kappa shape index (κ2) is 10.7. The number of halogens is 1. The summed E-state index contributed by atoms with van der Waals surface area (Å²) in [5.41, 5.74) is 0.391. The topological polar surface area (TPSA) is 42.9 Å². The molecule has 0 aromatic carbocycles. The van der Waals surface area contributed by atoms with E-state index in [-0.39, 0.29) is 24.0 Å². The monoisotopic (exact) mass is 439 g/mol. The summed E-state index contributed by atoms with van der Waals surface area (Å²) in [5.74, 6) is 0.919. The van der Waals surface area contributed by atoms with Gasteiger partial charge in [0.05, 0.1) is 0 Å². The van der Waals surface area contributed by atoms with E-state index in [2.05, 4.69) is 67.2 Å². The standard InChI is InChI=1S/C17H37N5.HI/c1-14(8-9-17(2,3)4)20-16(18-5)19-12-15-13-21(6)10-11-22(15)7;/h14-15H,8-13H2,1-7H3,(H2,18,19,20);1H. The highest BCUT2D eigenvalue weighted by molar-refractivity contribution is 14.0. The van der Waals surface area contributed by atoms with Gasteiger partial charge in [0, 0.05) is 45.3 Å². The molecule has 1 heterocycles. The van der Waals surface area contributed by atoms with Gasteiger partial charge in [-0.2, -0.15) is 0 Å². The third-order valence-electron chi connectivity index (χ3n) is 4.42. The second-order valence-electron chi connectivity index (χ2n) is 7.99. The zero-order valence-electron chi connectivity index (χ0n) is 16.1. The maximum Gasteiger partial charge on any atom is 0.191 e. The van der Waals surface area contributed by atoms with Crippen LogP contribution < -0.4 is 10.6 Å². The summed E-state index contributed by atoms with van der Waals surface area (Å²) >= 11 is 0. The first-order valence-corrected chi connectivity index (χ1v) is 8.57. The van der Waals surface area contributed by atoms with Crippen molar-refractivity contribution in [3.05, 3.63) is 0 Å². The average Bonchev–Trinajstić information content (AvgIpc) is 2.43. The number of rotatable bonds is 5. The molecule has 2 atom stereocenters. The molecular weight excluding hydrogens is 401 g/mol. The van der Waals surface area contributed by atoms with Gasteiger partial charge < -0.3 is 15.5 Å². The molecule has 1 rings (SSSR count). The molecule has 6 heteroatoms. The van der Waals surface area contributed by atoms with Crippen molar-refractivity contribution in [2.75, 3.05) is 47.3 Å². The number of piperazine rings is 1. The van der Waals surface area contributed by atoms with Gasteiger partial charge in [0.1, 0.15) is 0 Å². The summed E-state index contributed by atoms with van der Waals surface area (Å²) in [6, 6.07) is 0.986. The molecule has 1 aliphatic rings. The molecule has 1 saturated heterocycles. The van der Waals surface area contributed by atoms with E-state index in [0.717, 1.165) is 38.6 Å². The summed E-state index contributed by atoms with van der Waals surface area (Å²) in [7, 11) is 6.26. The molecule has 0 spiro atoms. The lowest BCUT2D eigenvalue weighted by Gasteiger charge is -2.38. The third-order valence-corrected chi connectivity index (χ3v) is 4.42. The molecule has 0 aromatic heterocycles. The van der Waals surface area contributed by atoms with Crippen LogP contribution in [0.15, 0.2) is 4.99 Å². The Balaban J connectivity index is 0.00000484. The second-order valence-corrected chi connectivity index (χ2v) is 7.99. The van der Waals surface area contributed by atoms with E-state index in [1.54, 1.807) is 0 Å². The van der Waals surface area contributed by atoms with Crippen LogP contribution in [0.4, 0.5) is 0 Å². The number of guanidine groups is 1. The Kier molecular flexibility index (Phi) is 10.7. The molecule has 138 valence electrons. The highest BCUT2D eigenvalue weighted by Gasteiger charge is 2.22. The maximum absolute atomic E-state index is 4.36. The molecule has 0 bridgehead atoms. The maximum atomic E-state index is 4.36. The predicted molar refractivity (Wildman–Crippen MR) is 112 cm³/mol. The molecule has 2 unspecified atom stereocenters. The van der Waals surface area contributed by atoms with Crippen LogP contribution in [0.5, 0.6) is 0 Å². The molecule has 5 nitrogen and oxygen atoms in total. The van der Waals surface area contributed by atoms with Gasteiger partial charge in [0.15, 0.2) is 5.96 Å². The van der Waals surface area contributed by atoms with E-state index in [9.17, 15) is 0 Å². The first-order valence-electron chi connectivity index (χ1n) is 8.57. The lowest BCUT2D eigenvalue weighted by molar-refractivity contribution is 0.116. The Morgan fingerprint density at radius 3 is 2.48 bits per heavy atom. The third kappa shape index (κ3) is 9.72. The van der Waals surface area contributed by atoms with Gasteiger partial charge in [-0.05, 0) is 39.3 Å². The fourth-order valence-electron chi connectivity index (χ4n) is 2.69. The van der Waals surface area contributed by atoms with Crippen molar-refractivity contribution in [3.63, 3.8) is 0 Å². The van der Waals surface area contributed by atoms with Crippen molar-refractivity contribution in [3.8, 4) is 0 Å². The van der Waals surface area contributed by atoms with Crippen LogP contribution in [0.3, 0.4) is 0 Å². The van der Waals surface area contributed by atoms with Crippen molar-refractivity contribution in [1.29, 1.82) is 0 Å². The Morgan fingerprint density at radius 2 is 1.91 bits per heavy atom. The Bertz CT molecular complexity index is 353. The molecule has 0 aromatic rings. The van der Waals surface area contributed by atoms with Crippen LogP contribution >= 0.6 is 24.0 Å². The molecule has 0 aliphatic carbocycles. The number of nitrogens with zero attached hydrogens (tertiary/aromatic N) is 3. The van der Waals surface area contributed by atoms with Crippen molar-refractivity contribution < 1.29 is 0 Å². The fraction of sp³-hybridized carbons (Fsp3) is 0.941. The summed E-state index contributed by atoms with van der Waals surface area (Å²) in [6.07, 6.45) is 2.38. The molecule has 0 saturated carbocycles. The lowest BCUT2D eigenvalue weighted by atomic mass is 9.89. The van der Waals surface area contributed by atoms with Crippen molar-refractivity contribution >= 4 is 29.9 Å². The minimum absolute atomic E-state index is 0. The smallest absolute Gasteiger partial charge is 0.191 e. The number of hydrogen-bond donors (Lipinski definition) is 2.